The molecule has 0 N–H and O–H groups in total. The standard InChI is InChI=1S/C18H32N2/c1-17(2,16-19)8-6-7-13-20-14-11-18(12-15-20)9-4-3-5-10-18/h3-15H2,1-2H3. The lowest BCUT2D eigenvalue weighted by Crippen LogP contribution is -2.41. The monoisotopic (exact) mass is 276 g/mol. The molecule has 2 heteroatoms. The predicted octanol–water partition coefficient (Wildman–Crippen LogP) is 4.75. The molecule has 0 aromatic heterocycles. The van der Waals surface area contributed by atoms with E-state index in [1.807, 2.05) is 0 Å². The normalized spacial score (nSPS) is 23.6. The van der Waals surface area contributed by atoms with Crippen LogP contribution in [0.4, 0.5) is 0 Å². The first-order valence-electron chi connectivity index (χ1n) is 8.69. The van der Waals surface area contributed by atoms with Gasteiger partial charge < -0.3 is 4.90 Å². The van der Waals surface area contributed by atoms with Gasteiger partial charge in [0.05, 0.1) is 11.5 Å². The summed E-state index contributed by atoms with van der Waals surface area (Å²) in [6, 6.07) is 2.40. The topological polar surface area (TPSA) is 27.0 Å². The molecule has 0 atom stereocenters. The van der Waals surface area contributed by atoms with Crippen LogP contribution in [0.2, 0.25) is 0 Å². The van der Waals surface area contributed by atoms with Gasteiger partial charge >= 0.3 is 0 Å². The third-order valence-electron chi connectivity index (χ3n) is 5.66. The van der Waals surface area contributed by atoms with Gasteiger partial charge in [-0.2, -0.15) is 5.26 Å². The van der Waals surface area contributed by atoms with Crippen molar-refractivity contribution in [1.29, 1.82) is 5.26 Å². The molecule has 0 unspecified atom stereocenters. The lowest BCUT2D eigenvalue weighted by molar-refractivity contribution is 0.0667. The predicted molar refractivity (Wildman–Crippen MR) is 84.4 cm³/mol. The van der Waals surface area contributed by atoms with Gasteiger partial charge in [0.2, 0.25) is 0 Å². The molecule has 20 heavy (non-hydrogen) atoms. The lowest BCUT2D eigenvalue weighted by Gasteiger charge is -2.44. The van der Waals surface area contributed by atoms with E-state index in [0.29, 0.717) is 0 Å². The van der Waals surface area contributed by atoms with Gasteiger partial charge in [0.15, 0.2) is 0 Å². The minimum Gasteiger partial charge on any atom is -0.303 e. The van der Waals surface area contributed by atoms with Crippen molar-refractivity contribution in [3.8, 4) is 6.07 Å². The van der Waals surface area contributed by atoms with Crippen LogP contribution in [-0.2, 0) is 0 Å². The highest BCUT2D eigenvalue weighted by atomic mass is 15.1. The summed E-state index contributed by atoms with van der Waals surface area (Å²) in [6.45, 7) is 8.00. The molecule has 1 spiro atoms. The fourth-order valence-electron chi connectivity index (χ4n) is 4.01. The van der Waals surface area contributed by atoms with Crippen molar-refractivity contribution in [2.24, 2.45) is 10.8 Å². The van der Waals surface area contributed by atoms with Gasteiger partial charge in [-0.25, -0.2) is 0 Å². The number of nitriles is 1. The quantitative estimate of drug-likeness (QED) is 0.677. The highest BCUT2D eigenvalue weighted by Gasteiger charge is 2.35. The average molecular weight is 276 g/mol. The van der Waals surface area contributed by atoms with Crippen molar-refractivity contribution >= 4 is 0 Å². The number of likely N-dealkylation sites (tertiary alicyclic amines) is 1. The maximum absolute atomic E-state index is 9.02. The van der Waals surface area contributed by atoms with E-state index in [1.165, 1.54) is 77.4 Å². The van der Waals surface area contributed by atoms with Gasteiger partial charge in [0.25, 0.3) is 0 Å². The molecular formula is C18H32N2. The van der Waals surface area contributed by atoms with E-state index in [-0.39, 0.29) is 5.41 Å². The molecule has 2 rings (SSSR count). The van der Waals surface area contributed by atoms with Gasteiger partial charge in [-0.3, -0.25) is 0 Å². The van der Waals surface area contributed by atoms with E-state index < -0.39 is 0 Å². The Morgan fingerprint density at radius 1 is 1.00 bits per heavy atom. The molecule has 2 fully saturated rings. The molecule has 0 aromatic rings. The summed E-state index contributed by atoms with van der Waals surface area (Å²) in [5.74, 6) is 0. The van der Waals surface area contributed by atoms with Crippen molar-refractivity contribution < 1.29 is 0 Å². The smallest absolute Gasteiger partial charge is 0.0683 e. The number of rotatable bonds is 5. The molecule has 0 bridgehead atoms. The second-order valence-electron chi connectivity index (χ2n) is 7.86. The molecule has 1 aliphatic heterocycles. The van der Waals surface area contributed by atoms with Crippen LogP contribution >= 0.6 is 0 Å². The molecule has 2 aliphatic rings. The molecule has 1 saturated heterocycles. The highest BCUT2D eigenvalue weighted by Crippen LogP contribution is 2.44. The summed E-state index contributed by atoms with van der Waals surface area (Å²) in [7, 11) is 0. The van der Waals surface area contributed by atoms with Crippen LogP contribution in [0.3, 0.4) is 0 Å². The van der Waals surface area contributed by atoms with E-state index >= 15 is 0 Å². The number of unbranched alkanes of at least 4 members (excludes halogenated alkanes) is 1. The van der Waals surface area contributed by atoms with Gasteiger partial charge in [-0.1, -0.05) is 25.7 Å². The molecule has 0 amide bonds. The zero-order valence-electron chi connectivity index (χ0n) is 13.6. The van der Waals surface area contributed by atoms with E-state index in [1.54, 1.807) is 0 Å². The minimum atomic E-state index is -0.131. The summed E-state index contributed by atoms with van der Waals surface area (Å²) in [6.07, 6.45) is 13.8. The molecule has 1 saturated carbocycles. The number of piperidine rings is 1. The van der Waals surface area contributed by atoms with Crippen molar-refractivity contribution in [2.45, 2.75) is 78.1 Å². The SMILES string of the molecule is CC(C)(C#N)CCCCN1CCC2(CCCCC2)CC1. The number of hydrogen-bond acceptors (Lipinski definition) is 2. The zero-order valence-corrected chi connectivity index (χ0v) is 13.6. The van der Waals surface area contributed by atoms with E-state index in [2.05, 4.69) is 24.8 Å². The van der Waals surface area contributed by atoms with Crippen LogP contribution in [0.15, 0.2) is 0 Å². The third kappa shape index (κ3) is 4.48. The Morgan fingerprint density at radius 2 is 1.65 bits per heavy atom. The maximum atomic E-state index is 9.02. The first-order chi connectivity index (χ1) is 9.55. The van der Waals surface area contributed by atoms with Crippen molar-refractivity contribution in [3.05, 3.63) is 0 Å². The molecule has 1 heterocycles. The van der Waals surface area contributed by atoms with Crippen LogP contribution < -0.4 is 0 Å². The van der Waals surface area contributed by atoms with E-state index in [0.717, 1.165) is 11.8 Å². The molecule has 114 valence electrons. The average Bonchev–Trinajstić information content (AvgIpc) is 2.47. The Bertz CT molecular complexity index is 324. The molecule has 0 radical (unpaired) electrons. The van der Waals surface area contributed by atoms with Crippen LogP contribution in [0.1, 0.15) is 78.1 Å². The lowest BCUT2D eigenvalue weighted by atomic mass is 9.68. The third-order valence-corrected chi connectivity index (χ3v) is 5.66. The first kappa shape index (κ1) is 15.8. The Kier molecular flexibility index (Phi) is 5.49. The number of nitrogens with zero attached hydrogens (tertiary/aromatic N) is 2. The first-order valence-corrected chi connectivity index (χ1v) is 8.69. The van der Waals surface area contributed by atoms with Crippen LogP contribution in [0, 0.1) is 22.2 Å². The molecule has 1 aliphatic carbocycles. The Morgan fingerprint density at radius 3 is 2.25 bits per heavy atom. The summed E-state index contributed by atoms with van der Waals surface area (Å²) >= 11 is 0. The summed E-state index contributed by atoms with van der Waals surface area (Å²) < 4.78 is 0. The Balaban J connectivity index is 1.61. The second kappa shape index (κ2) is 6.94. The van der Waals surface area contributed by atoms with Crippen molar-refractivity contribution in [1.82, 2.24) is 4.90 Å². The summed E-state index contributed by atoms with van der Waals surface area (Å²) in [4.78, 5) is 2.67. The maximum Gasteiger partial charge on any atom is 0.0683 e. The second-order valence-corrected chi connectivity index (χ2v) is 7.86. The minimum absolute atomic E-state index is 0.131. The van der Waals surface area contributed by atoms with E-state index in [9.17, 15) is 0 Å². The van der Waals surface area contributed by atoms with Gasteiger partial charge in [-0.15, -0.1) is 0 Å². The molecule has 2 nitrogen and oxygen atoms in total. The Labute approximate surface area is 125 Å². The van der Waals surface area contributed by atoms with Gasteiger partial charge in [0.1, 0.15) is 0 Å². The van der Waals surface area contributed by atoms with Crippen LogP contribution in [0.25, 0.3) is 0 Å². The van der Waals surface area contributed by atoms with Crippen molar-refractivity contribution in [2.75, 3.05) is 19.6 Å². The largest absolute Gasteiger partial charge is 0.303 e. The van der Waals surface area contributed by atoms with Crippen LogP contribution in [-0.4, -0.2) is 24.5 Å². The fraction of sp³-hybridized carbons (Fsp3) is 0.944. The molecule has 0 aromatic carbocycles. The van der Waals surface area contributed by atoms with Crippen LogP contribution in [0.5, 0.6) is 0 Å². The zero-order chi connectivity index (χ0) is 14.5. The molecular weight excluding hydrogens is 244 g/mol. The van der Waals surface area contributed by atoms with Gasteiger partial charge in [-0.05, 0) is 77.4 Å². The van der Waals surface area contributed by atoms with Crippen molar-refractivity contribution in [3.63, 3.8) is 0 Å². The fourth-order valence-corrected chi connectivity index (χ4v) is 4.01. The van der Waals surface area contributed by atoms with Gasteiger partial charge in [0, 0.05) is 0 Å². The number of hydrogen-bond donors (Lipinski definition) is 0. The summed E-state index contributed by atoms with van der Waals surface area (Å²) in [5.41, 5.74) is 0.603. The summed E-state index contributed by atoms with van der Waals surface area (Å²) in [5, 5.41) is 9.02. The van der Waals surface area contributed by atoms with E-state index in [4.69, 9.17) is 5.26 Å². The Hall–Kier alpha value is -0.550. The highest BCUT2D eigenvalue weighted by molar-refractivity contribution is 4.91.